The van der Waals surface area contributed by atoms with Gasteiger partial charge < -0.3 is 15.8 Å². The van der Waals surface area contributed by atoms with Crippen LogP contribution in [0.15, 0.2) is 0 Å². The largest absolute Gasteiger partial charge is 0.381 e. The molecule has 1 amide bonds. The molecule has 1 aliphatic rings. The van der Waals surface area contributed by atoms with Crippen LogP contribution in [0.3, 0.4) is 0 Å². The van der Waals surface area contributed by atoms with E-state index >= 15 is 0 Å². The summed E-state index contributed by atoms with van der Waals surface area (Å²) < 4.78 is 5.31. The predicted octanol–water partition coefficient (Wildman–Crippen LogP) is 2.07. The second kappa shape index (κ2) is 10.2. The van der Waals surface area contributed by atoms with Crippen molar-refractivity contribution in [2.75, 3.05) is 26.3 Å². The van der Waals surface area contributed by atoms with Gasteiger partial charge in [0.05, 0.1) is 0 Å². The van der Waals surface area contributed by atoms with Crippen LogP contribution in [0.25, 0.3) is 0 Å². The lowest BCUT2D eigenvalue weighted by atomic mass is 9.94. The third kappa shape index (κ3) is 7.53. The molecule has 0 spiro atoms. The fourth-order valence-corrected chi connectivity index (χ4v) is 2.71. The van der Waals surface area contributed by atoms with Gasteiger partial charge in [0.2, 0.25) is 5.91 Å². The summed E-state index contributed by atoms with van der Waals surface area (Å²) >= 11 is 0. The van der Waals surface area contributed by atoms with Gasteiger partial charge in [-0.1, -0.05) is 19.8 Å². The molecular formula is C15H30N2O2. The van der Waals surface area contributed by atoms with Gasteiger partial charge in [-0.2, -0.15) is 0 Å². The van der Waals surface area contributed by atoms with E-state index in [1.165, 1.54) is 12.8 Å². The molecule has 0 aromatic carbocycles. The summed E-state index contributed by atoms with van der Waals surface area (Å²) in [6.07, 6.45) is 7.18. The topological polar surface area (TPSA) is 64.4 Å². The summed E-state index contributed by atoms with van der Waals surface area (Å²) in [5.74, 6) is 1.42. The molecule has 1 unspecified atom stereocenters. The van der Waals surface area contributed by atoms with Gasteiger partial charge in [-0.05, 0) is 44.1 Å². The highest BCUT2D eigenvalue weighted by atomic mass is 16.5. The molecule has 1 rings (SSSR count). The monoisotopic (exact) mass is 270 g/mol. The zero-order chi connectivity index (χ0) is 13.9. The van der Waals surface area contributed by atoms with E-state index in [0.717, 1.165) is 52.0 Å². The maximum absolute atomic E-state index is 11.8. The Morgan fingerprint density at radius 2 is 2.05 bits per heavy atom. The van der Waals surface area contributed by atoms with Crippen molar-refractivity contribution >= 4 is 5.91 Å². The van der Waals surface area contributed by atoms with Crippen molar-refractivity contribution in [3.05, 3.63) is 0 Å². The molecule has 1 atom stereocenters. The van der Waals surface area contributed by atoms with E-state index < -0.39 is 0 Å². The Hall–Kier alpha value is -0.610. The normalized spacial score (nSPS) is 18.2. The van der Waals surface area contributed by atoms with E-state index in [2.05, 4.69) is 12.2 Å². The van der Waals surface area contributed by atoms with Crippen LogP contribution < -0.4 is 11.1 Å². The maximum atomic E-state index is 11.8. The Labute approximate surface area is 117 Å². The van der Waals surface area contributed by atoms with E-state index in [4.69, 9.17) is 10.5 Å². The molecule has 0 radical (unpaired) electrons. The molecule has 1 aliphatic heterocycles. The molecule has 0 saturated carbocycles. The SMILES string of the molecule is CCCC(CCN)CCC(=O)NCC1CCOCC1. The van der Waals surface area contributed by atoms with Crippen molar-refractivity contribution in [3.8, 4) is 0 Å². The maximum Gasteiger partial charge on any atom is 0.220 e. The highest BCUT2D eigenvalue weighted by Gasteiger charge is 2.15. The smallest absolute Gasteiger partial charge is 0.220 e. The fourth-order valence-electron chi connectivity index (χ4n) is 2.71. The first-order chi connectivity index (χ1) is 9.26. The van der Waals surface area contributed by atoms with E-state index in [1.54, 1.807) is 0 Å². The minimum atomic E-state index is 0.199. The molecule has 3 N–H and O–H groups in total. The van der Waals surface area contributed by atoms with E-state index in [1.807, 2.05) is 0 Å². The highest BCUT2D eigenvalue weighted by molar-refractivity contribution is 5.75. The molecule has 0 aromatic heterocycles. The molecule has 0 aromatic rings. The number of carbonyl (C=O) groups is 1. The van der Waals surface area contributed by atoms with Crippen molar-refractivity contribution < 1.29 is 9.53 Å². The van der Waals surface area contributed by atoms with Crippen molar-refractivity contribution in [1.29, 1.82) is 0 Å². The molecular weight excluding hydrogens is 240 g/mol. The summed E-state index contributed by atoms with van der Waals surface area (Å²) in [6.45, 7) is 5.42. The van der Waals surface area contributed by atoms with Gasteiger partial charge in [-0.3, -0.25) is 4.79 Å². The Balaban J connectivity index is 2.11. The number of nitrogens with two attached hydrogens (primary N) is 1. The van der Waals surface area contributed by atoms with Crippen LogP contribution in [0.4, 0.5) is 0 Å². The number of ether oxygens (including phenoxy) is 1. The van der Waals surface area contributed by atoms with Crippen LogP contribution in [0, 0.1) is 11.8 Å². The second-order valence-electron chi connectivity index (χ2n) is 5.63. The average Bonchev–Trinajstić information content (AvgIpc) is 2.44. The van der Waals surface area contributed by atoms with Gasteiger partial charge in [0, 0.05) is 26.2 Å². The summed E-state index contributed by atoms with van der Waals surface area (Å²) in [6, 6.07) is 0. The van der Waals surface area contributed by atoms with E-state index in [0.29, 0.717) is 18.3 Å². The van der Waals surface area contributed by atoms with Crippen LogP contribution in [-0.2, 0) is 9.53 Å². The average molecular weight is 270 g/mol. The van der Waals surface area contributed by atoms with E-state index in [9.17, 15) is 4.79 Å². The van der Waals surface area contributed by atoms with Crippen LogP contribution in [0.1, 0.15) is 51.9 Å². The van der Waals surface area contributed by atoms with Crippen LogP contribution in [0.5, 0.6) is 0 Å². The molecule has 4 nitrogen and oxygen atoms in total. The molecule has 1 saturated heterocycles. The quantitative estimate of drug-likeness (QED) is 0.674. The first-order valence-electron chi connectivity index (χ1n) is 7.80. The molecule has 0 bridgehead atoms. The van der Waals surface area contributed by atoms with E-state index in [-0.39, 0.29) is 5.91 Å². The Morgan fingerprint density at radius 1 is 1.32 bits per heavy atom. The van der Waals surface area contributed by atoms with Crippen molar-refractivity contribution in [3.63, 3.8) is 0 Å². The molecule has 4 heteroatoms. The van der Waals surface area contributed by atoms with Gasteiger partial charge in [-0.25, -0.2) is 0 Å². The lowest BCUT2D eigenvalue weighted by molar-refractivity contribution is -0.121. The fraction of sp³-hybridized carbons (Fsp3) is 0.933. The zero-order valence-corrected chi connectivity index (χ0v) is 12.3. The Kier molecular flexibility index (Phi) is 8.84. The molecule has 1 fully saturated rings. The summed E-state index contributed by atoms with van der Waals surface area (Å²) in [7, 11) is 0. The minimum absolute atomic E-state index is 0.199. The lowest BCUT2D eigenvalue weighted by Gasteiger charge is -2.22. The number of nitrogens with one attached hydrogen (secondary N) is 1. The number of carbonyl (C=O) groups excluding carboxylic acids is 1. The highest BCUT2D eigenvalue weighted by Crippen LogP contribution is 2.17. The van der Waals surface area contributed by atoms with Crippen LogP contribution >= 0.6 is 0 Å². The number of hydrogen-bond acceptors (Lipinski definition) is 3. The first kappa shape index (κ1) is 16.4. The summed E-state index contributed by atoms with van der Waals surface area (Å²) in [5, 5.41) is 3.07. The molecule has 112 valence electrons. The standard InChI is InChI=1S/C15H30N2O2/c1-2-3-13(6-9-16)4-5-15(18)17-12-14-7-10-19-11-8-14/h13-14H,2-12,16H2,1H3,(H,17,18). The Morgan fingerprint density at radius 3 is 2.68 bits per heavy atom. The molecule has 1 heterocycles. The summed E-state index contributed by atoms with van der Waals surface area (Å²) in [5.41, 5.74) is 5.61. The number of hydrogen-bond donors (Lipinski definition) is 2. The van der Waals surface area contributed by atoms with Gasteiger partial charge in [0.25, 0.3) is 0 Å². The third-order valence-electron chi connectivity index (χ3n) is 3.98. The third-order valence-corrected chi connectivity index (χ3v) is 3.98. The molecule has 19 heavy (non-hydrogen) atoms. The summed E-state index contributed by atoms with van der Waals surface area (Å²) in [4.78, 5) is 11.8. The Bertz CT molecular complexity index is 234. The number of rotatable bonds is 9. The van der Waals surface area contributed by atoms with Gasteiger partial charge in [0.1, 0.15) is 0 Å². The van der Waals surface area contributed by atoms with Crippen molar-refractivity contribution in [2.45, 2.75) is 51.9 Å². The first-order valence-corrected chi connectivity index (χ1v) is 7.80. The van der Waals surface area contributed by atoms with Gasteiger partial charge >= 0.3 is 0 Å². The van der Waals surface area contributed by atoms with Crippen LogP contribution in [0.2, 0.25) is 0 Å². The lowest BCUT2D eigenvalue weighted by Crippen LogP contribution is -2.32. The number of amides is 1. The predicted molar refractivity (Wildman–Crippen MR) is 77.9 cm³/mol. The van der Waals surface area contributed by atoms with Crippen LogP contribution in [-0.4, -0.2) is 32.2 Å². The van der Waals surface area contributed by atoms with Gasteiger partial charge in [0.15, 0.2) is 0 Å². The molecule has 0 aliphatic carbocycles. The second-order valence-corrected chi connectivity index (χ2v) is 5.63. The van der Waals surface area contributed by atoms with Crippen molar-refractivity contribution in [2.24, 2.45) is 17.6 Å². The van der Waals surface area contributed by atoms with Crippen molar-refractivity contribution in [1.82, 2.24) is 5.32 Å². The minimum Gasteiger partial charge on any atom is -0.381 e. The zero-order valence-electron chi connectivity index (χ0n) is 12.3. The van der Waals surface area contributed by atoms with Gasteiger partial charge in [-0.15, -0.1) is 0 Å².